The fourth-order valence-corrected chi connectivity index (χ4v) is 4.00. The van der Waals surface area contributed by atoms with Crippen LogP contribution in [0.25, 0.3) is 10.9 Å². The van der Waals surface area contributed by atoms with E-state index < -0.39 is 18.2 Å². The summed E-state index contributed by atoms with van der Waals surface area (Å²) in [5.41, 5.74) is 2.06. The minimum atomic E-state index is -0.805. The quantitative estimate of drug-likeness (QED) is 0.495. The summed E-state index contributed by atoms with van der Waals surface area (Å²) in [5, 5.41) is 3.80. The highest BCUT2D eigenvalue weighted by Gasteiger charge is 2.41. The highest BCUT2D eigenvalue weighted by Crippen LogP contribution is 2.26. The topological polar surface area (TPSA) is 107 Å². The van der Waals surface area contributed by atoms with Crippen molar-refractivity contribution < 1.29 is 28.6 Å². The summed E-state index contributed by atoms with van der Waals surface area (Å²) in [7, 11) is 1.31. The summed E-state index contributed by atoms with van der Waals surface area (Å²) in [6.07, 6.45) is 0.983. The Bertz CT molecular complexity index is 1180. The molecule has 2 amide bonds. The van der Waals surface area contributed by atoms with Gasteiger partial charge in [-0.3, -0.25) is 19.5 Å². The number of fused-ring (bicyclic) bond motifs is 1. The molecule has 3 aromatic rings. The van der Waals surface area contributed by atoms with Crippen LogP contribution in [0.3, 0.4) is 0 Å². The van der Waals surface area contributed by atoms with E-state index >= 15 is 0 Å². The Labute approximate surface area is 203 Å². The molecule has 9 nitrogen and oxygen atoms in total. The van der Waals surface area contributed by atoms with E-state index in [1.165, 1.54) is 12.0 Å². The molecule has 2 atom stereocenters. The van der Waals surface area contributed by atoms with E-state index in [0.717, 1.165) is 10.9 Å². The summed E-state index contributed by atoms with van der Waals surface area (Å²) in [6.45, 7) is 0.387. The Morgan fingerprint density at radius 2 is 1.86 bits per heavy atom. The molecule has 1 aromatic heterocycles. The number of carbonyl (C=O) groups is 3. The van der Waals surface area contributed by atoms with Crippen molar-refractivity contribution in [2.75, 3.05) is 25.6 Å². The van der Waals surface area contributed by atoms with Crippen LogP contribution in [0.15, 0.2) is 66.9 Å². The zero-order chi connectivity index (χ0) is 24.6. The zero-order valence-corrected chi connectivity index (χ0v) is 19.4. The number of pyridine rings is 1. The number of aromatic nitrogens is 1. The lowest BCUT2D eigenvalue weighted by Gasteiger charge is -2.23. The average molecular weight is 478 g/mol. The summed E-state index contributed by atoms with van der Waals surface area (Å²) in [5.74, 6) is -0.751. The van der Waals surface area contributed by atoms with Crippen LogP contribution < -0.4 is 5.32 Å². The van der Waals surface area contributed by atoms with E-state index in [2.05, 4.69) is 15.0 Å². The number of esters is 1. The molecule has 0 radical (unpaired) electrons. The Morgan fingerprint density at radius 3 is 2.66 bits per heavy atom. The Balaban J connectivity index is 1.46. The number of hydrogen-bond acceptors (Lipinski definition) is 7. The van der Waals surface area contributed by atoms with Crippen LogP contribution >= 0.6 is 0 Å². The maximum atomic E-state index is 13.3. The van der Waals surface area contributed by atoms with Gasteiger partial charge < -0.3 is 19.5 Å². The maximum Gasteiger partial charge on any atom is 0.410 e. The van der Waals surface area contributed by atoms with Crippen molar-refractivity contribution in [1.29, 1.82) is 0 Å². The fourth-order valence-electron chi connectivity index (χ4n) is 4.00. The largest absolute Gasteiger partial charge is 0.469 e. The molecule has 1 aliphatic rings. The molecule has 2 unspecified atom stereocenters. The van der Waals surface area contributed by atoms with Crippen LogP contribution in [-0.4, -0.2) is 60.3 Å². The average Bonchev–Trinajstić information content (AvgIpc) is 3.32. The molecule has 4 rings (SSSR count). The molecule has 35 heavy (non-hydrogen) atoms. The number of carbonyl (C=O) groups excluding carboxylic acids is 3. The molecule has 0 saturated carbocycles. The predicted octanol–water partition coefficient (Wildman–Crippen LogP) is 3.53. The Kier molecular flexibility index (Phi) is 7.89. The smallest absolute Gasteiger partial charge is 0.410 e. The number of rotatable bonds is 8. The second-order valence-corrected chi connectivity index (χ2v) is 8.13. The summed E-state index contributed by atoms with van der Waals surface area (Å²) < 4.78 is 15.9. The first-order chi connectivity index (χ1) is 17.0. The molecule has 0 bridgehead atoms. The molecule has 182 valence electrons. The highest BCUT2D eigenvalue weighted by molar-refractivity contribution is 6.03. The highest BCUT2D eigenvalue weighted by atomic mass is 16.6. The van der Waals surface area contributed by atoms with Gasteiger partial charge in [0.25, 0.3) is 0 Å². The third-order valence-electron chi connectivity index (χ3n) is 5.78. The Hall–Kier alpha value is -3.98. The van der Waals surface area contributed by atoms with Crippen molar-refractivity contribution in [3.63, 3.8) is 0 Å². The van der Waals surface area contributed by atoms with Crippen LogP contribution in [0.4, 0.5) is 10.5 Å². The predicted molar refractivity (Wildman–Crippen MR) is 128 cm³/mol. The standard InChI is InChI=1S/C26H27N3O6/c1-33-23(30)12-14-34-20-15-22(29(16-20)26(32)35-17-18-7-3-2-4-8-18)25(31)28-21-11-5-9-19-10-6-13-27-24(19)21/h2-11,13,20,22H,12,14-17H2,1H3,(H,28,31). The molecule has 0 aliphatic carbocycles. The molecule has 1 saturated heterocycles. The number of anilines is 1. The monoisotopic (exact) mass is 477 g/mol. The number of likely N-dealkylation sites (tertiary alicyclic amines) is 1. The van der Waals surface area contributed by atoms with E-state index in [0.29, 0.717) is 11.2 Å². The third-order valence-corrected chi connectivity index (χ3v) is 5.78. The number of nitrogens with one attached hydrogen (secondary N) is 1. The van der Waals surface area contributed by atoms with E-state index in [-0.39, 0.29) is 44.5 Å². The van der Waals surface area contributed by atoms with Gasteiger partial charge in [-0.25, -0.2) is 4.79 Å². The van der Waals surface area contributed by atoms with Crippen molar-refractivity contribution >= 4 is 34.6 Å². The lowest BCUT2D eigenvalue weighted by Crippen LogP contribution is -2.43. The van der Waals surface area contributed by atoms with Crippen LogP contribution in [0.2, 0.25) is 0 Å². The first-order valence-corrected chi connectivity index (χ1v) is 11.4. The number of benzene rings is 2. The number of ether oxygens (including phenoxy) is 3. The lowest BCUT2D eigenvalue weighted by molar-refractivity contribution is -0.142. The van der Waals surface area contributed by atoms with Gasteiger partial charge in [-0.15, -0.1) is 0 Å². The molecule has 2 aromatic carbocycles. The van der Waals surface area contributed by atoms with Crippen molar-refractivity contribution in [3.8, 4) is 0 Å². The van der Waals surface area contributed by atoms with Crippen LogP contribution in [0.5, 0.6) is 0 Å². The molecular formula is C26H27N3O6. The van der Waals surface area contributed by atoms with Crippen molar-refractivity contribution in [2.24, 2.45) is 0 Å². The van der Waals surface area contributed by atoms with Crippen LogP contribution in [-0.2, 0) is 30.4 Å². The van der Waals surface area contributed by atoms with E-state index in [9.17, 15) is 14.4 Å². The van der Waals surface area contributed by atoms with Gasteiger partial charge in [0.1, 0.15) is 12.6 Å². The normalized spacial score (nSPS) is 17.2. The molecule has 1 aliphatic heterocycles. The lowest BCUT2D eigenvalue weighted by atomic mass is 10.1. The molecule has 0 spiro atoms. The summed E-state index contributed by atoms with van der Waals surface area (Å²) in [4.78, 5) is 43.4. The van der Waals surface area contributed by atoms with E-state index in [4.69, 9.17) is 9.47 Å². The number of amides is 2. The van der Waals surface area contributed by atoms with E-state index in [1.54, 1.807) is 12.3 Å². The summed E-state index contributed by atoms with van der Waals surface area (Å²) in [6, 6.07) is 17.7. The van der Waals surface area contributed by atoms with Crippen molar-refractivity contribution in [2.45, 2.75) is 31.6 Å². The molecule has 1 fully saturated rings. The fraction of sp³-hybridized carbons (Fsp3) is 0.308. The van der Waals surface area contributed by atoms with Gasteiger partial charge in [-0.05, 0) is 17.7 Å². The minimum absolute atomic E-state index is 0.0873. The Morgan fingerprint density at radius 1 is 1.06 bits per heavy atom. The van der Waals surface area contributed by atoms with Crippen molar-refractivity contribution in [3.05, 3.63) is 72.4 Å². The third kappa shape index (κ3) is 6.13. The second-order valence-electron chi connectivity index (χ2n) is 8.13. The summed E-state index contributed by atoms with van der Waals surface area (Å²) >= 11 is 0. The van der Waals surface area contributed by atoms with Gasteiger partial charge in [0, 0.05) is 18.0 Å². The molecular weight excluding hydrogens is 450 g/mol. The first kappa shape index (κ1) is 24.2. The first-order valence-electron chi connectivity index (χ1n) is 11.4. The number of hydrogen-bond donors (Lipinski definition) is 1. The number of nitrogens with zero attached hydrogens (tertiary/aromatic N) is 2. The molecule has 9 heteroatoms. The zero-order valence-electron chi connectivity index (χ0n) is 19.4. The van der Waals surface area contributed by atoms with E-state index in [1.807, 2.05) is 54.6 Å². The number of methoxy groups -OCH3 is 1. The number of para-hydroxylation sites is 1. The van der Waals surface area contributed by atoms with Gasteiger partial charge >= 0.3 is 12.1 Å². The SMILES string of the molecule is COC(=O)CCOC1CC(C(=O)Nc2cccc3cccnc23)N(C(=O)OCc2ccccc2)C1. The molecule has 1 N–H and O–H groups in total. The van der Waals surface area contributed by atoms with Gasteiger partial charge in [0.05, 0.1) is 44.0 Å². The van der Waals surface area contributed by atoms with Gasteiger partial charge in [0.15, 0.2) is 0 Å². The van der Waals surface area contributed by atoms with Gasteiger partial charge in [-0.2, -0.15) is 0 Å². The second kappa shape index (κ2) is 11.4. The van der Waals surface area contributed by atoms with Gasteiger partial charge in [0.2, 0.25) is 5.91 Å². The maximum absolute atomic E-state index is 13.3. The van der Waals surface area contributed by atoms with Crippen LogP contribution in [0, 0.1) is 0 Å². The van der Waals surface area contributed by atoms with Crippen molar-refractivity contribution in [1.82, 2.24) is 9.88 Å². The minimum Gasteiger partial charge on any atom is -0.469 e. The van der Waals surface area contributed by atoms with Gasteiger partial charge in [-0.1, -0.05) is 48.5 Å². The molecule has 2 heterocycles. The van der Waals surface area contributed by atoms with Crippen LogP contribution in [0.1, 0.15) is 18.4 Å².